The lowest BCUT2D eigenvalue weighted by Gasteiger charge is -2.28. The highest BCUT2D eigenvalue weighted by molar-refractivity contribution is 7.89. The van der Waals surface area contributed by atoms with Crippen molar-refractivity contribution in [2.24, 2.45) is 5.92 Å². The van der Waals surface area contributed by atoms with Gasteiger partial charge in [0.05, 0.1) is 30.1 Å². The lowest BCUT2D eigenvalue weighted by molar-refractivity contribution is -0.133. The summed E-state index contributed by atoms with van der Waals surface area (Å²) in [6, 6.07) is 6.84. The van der Waals surface area contributed by atoms with Gasteiger partial charge in [0.25, 0.3) is 0 Å². The second-order valence-corrected chi connectivity index (χ2v) is 8.49. The quantitative estimate of drug-likeness (QED) is 0.814. The molecule has 2 heterocycles. The van der Waals surface area contributed by atoms with Crippen LogP contribution in [0.3, 0.4) is 0 Å². The first-order valence-electron chi connectivity index (χ1n) is 8.37. The zero-order chi connectivity index (χ0) is 17.3. The SMILES string of the molecule is CCCc1ccc(S(=O)(=O)N2C[C@@H]3COC[C@H](C2)N(C)C3=O)cc1. The van der Waals surface area contributed by atoms with Crippen LogP contribution in [0.25, 0.3) is 0 Å². The van der Waals surface area contributed by atoms with Crippen LogP contribution in [0.2, 0.25) is 0 Å². The molecule has 0 unspecified atom stereocenters. The highest BCUT2D eigenvalue weighted by atomic mass is 32.2. The van der Waals surface area contributed by atoms with Crippen molar-refractivity contribution in [3.05, 3.63) is 29.8 Å². The van der Waals surface area contributed by atoms with Gasteiger partial charge in [-0.25, -0.2) is 8.42 Å². The van der Waals surface area contributed by atoms with E-state index in [4.69, 9.17) is 4.74 Å². The molecule has 2 aliphatic heterocycles. The number of amides is 1. The van der Waals surface area contributed by atoms with E-state index in [1.807, 2.05) is 12.1 Å². The number of likely N-dealkylation sites (N-methyl/N-ethyl adjacent to an activating group) is 1. The number of benzene rings is 1. The molecule has 24 heavy (non-hydrogen) atoms. The third-order valence-electron chi connectivity index (χ3n) is 4.81. The van der Waals surface area contributed by atoms with Crippen LogP contribution in [0, 0.1) is 5.92 Å². The predicted molar refractivity (Wildman–Crippen MR) is 90.1 cm³/mol. The molecule has 1 aromatic carbocycles. The fraction of sp³-hybridized carbons (Fsp3) is 0.588. The third kappa shape index (κ3) is 3.20. The van der Waals surface area contributed by atoms with Crippen molar-refractivity contribution in [1.82, 2.24) is 9.21 Å². The number of hydrogen-bond acceptors (Lipinski definition) is 4. The van der Waals surface area contributed by atoms with E-state index >= 15 is 0 Å². The van der Waals surface area contributed by atoms with Crippen LogP contribution >= 0.6 is 0 Å². The van der Waals surface area contributed by atoms with Gasteiger partial charge in [-0.1, -0.05) is 25.5 Å². The predicted octanol–water partition coefficient (Wildman–Crippen LogP) is 1.12. The largest absolute Gasteiger partial charge is 0.378 e. The van der Waals surface area contributed by atoms with Gasteiger partial charge in [-0.2, -0.15) is 4.31 Å². The average Bonchev–Trinajstić information content (AvgIpc) is 2.74. The minimum Gasteiger partial charge on any atom is -0.378 e. The number of aryl methyl sites for hydroxylation is 1. The highest BCUT2D eigenvalue weighted by Gasteiger charge is 2.41. The van der Waals surface area contributed by atoms with Gasteiger partial charge in [0, 0.05) is 20.1 Å². The van der Waals surface area contributed by atoms with Crippen molar-refractivity contribution in [3.8, 4) is 0 Å². The molecule has 2 fully saturated rings. The van der Waals surface area contributed by atoms with E-state index in [1.54, 1.807) is 24.1 Å². The van der Waals surface area contributed by atoms with E-state index in [0.29, 0.717) is 11.5 Å². The van der Waals surface area contributed by atoms with Crippen molar-refractivity contribution in [3.63, 3.8) is 0 Å². The molecule has 0 aromatic heterocycles. The van der Waals surface area contributed by atoms with Gasteiger partial charge in [-0.3, -0.25) is 4.79 Å². The van der Waals surface area contributed by atoms with Gasteiger partial charge in [-0.15, -0.1) is 0 Å². The fourth-order valence-corrected chi connectivity index (χ4v) is 4.84. The van der Waals surface area contributed by atoms with E-state index < -0.39 is 15.9 Å². The van der Waals surface area contributed by atoms with E-state index in [-0.39, 0.29) is 31.6 Å². The number of nitrogens with zero attached hydrogens (tertiary/aromatic N) is 2. The molecular weight excluding hydrogens is 328 g/mol. The molecule has 0 aliphatic carbocycles. The standard InChI is InChI=1S/C17H24N2O4S/c1-3-4-13-5-7-16(8-6-13)24(21,22)19-9-14-11-23-12-15(10-19)18(2)17(14)20/h5-8,14-15H,3-4,9-12H2,1-2H3/t14-,15+/m1/s1. The molecule has 0 spiro atoms. The lowest BCUT2D eigenvalue weighted by Crippen LogP contribution is -2.45. The Balaban J connectivity index is 1.88. The van der Waals surface area contributed by atoms with Crippen molar-refractivity contribution in [2.75, 3.05) is 33.4 Å². The first-order chi connectivity index (χ1) is 11.4. The maximum atomic E-state index is 13.0. The summed E-state index contributed by atoms with van der Waals surface area (Å²) < 4.78 is 33.0. The smallest absolute Gasteiger partial charge is 0.243 e. The van der Waals surface area contributed by atoms with Crippen molar-refractivity contribution in [2.45, 2.75) is 30.7 Å². The summed E-state index contributed by atoms with van der Waals surface area (Å²) in [6.45, 7) is 3.20. The molecule has 2 aliphatic rings. The second-order valence-electron chi connectivity index (χ2n) is 6.55. The van der Waals surface area contributed by atoms with Gasteiger partial charge in [-0.05, 0) is 24.1 Å². The Kier molecular flexibility index (Phi) is 4.94. The van der Waals surface area contributed by atoms with E-state index in [1.165, 1.54) is 4.31 Å². The van der Waals surface area contributed by atoms with Crippen LogP contribution in [-0.4, -0.2) is 62.9 Å². The Morgan fingerprint density at radius 3 is 2.54 bits per heavy atom. The molecule has 0 radical (unpaired) electrons. The first kappa shape index (κ1) is 17.4. The number of fused-ring (bicyclic) bond motifs is 3. The molecular formula is C17H24N2O4S. The zero-order valence-electron chi connectivity index (χ0n) is 14.1. The van der Waals surface area contributed by atoms with Crippen molar-refractivity contribution >= 4 is 15.9 Å². The van der Waals surface area contributed by atoms with Crippen LogP contribution < -0.4 is 0 Å². The maximum Gasteiger partial charge on any atom is 0.243 e. The number of carbonyl (C=O) groups is 1. The average molecular weight is 352 g/mol. The first-order valence-corrected chi connectivity index (χ1v) is 9.81. The second kappa shape index (κ2) is 6.82. The molecule has 1 amide bonds. The monoisotopic (exact) mass is 352 g/mol. The molecule has 6 nitrogen and oxygen atoms in total. The number of hydrogen-bond donors (Lipinski definition) is 0. The minimum absolute atomic E-state index is 0.0338. The fourth-order valence-electron chi connectivity index (χ4n) is 3.32. The Bertz CT molecular complexity index is 702. The van der Waals surface area contributed by atoms with E-state index in [2.05, 4.69) is 6.92 Å². The van der Waals surface area contributed by atoms with E-state index in [9.17, 15) is 13.2 Å². The number of carbonyl (C=O) groups excluding carboxylic acids is 1. The molecule has 7 heteroatoms. The molecule has 0 N–H and O–H groups in total. The van der Waals surface area contributed by atoms with Gasteiger partial charge >= 0.3 is 0 Å². The van der Waals surface area contributed by atoms with Crippen LogP contribution in [0.1, 0.15) is 18.9 Å². The Morgan fingerprint density at radius 1 is 1.17 bits per heavy atom. The van der Waals surface area contributed by atoms with Crippen LogP contribution in [0.4, 0.5) is 0 Å². The minimum atomic E-state index is -3.61. The summed E-state index contributed by atoms with van der Waals surface area (Å²) in [5.74, 6) is -0.467. The van der Waals surface area contributed by atoms with Crippen LogP contribution in [-0.2, 0) is 26.0 Å². The molecule has 2 saturated heterocycles. The Labute approximate surface area is 143 Å². The Morgan fingerprint density at radius 2 is 1.88 bits per heavy atom. The van der Waals surface area contributed by atoms with Crippen molar-refractivity contribution in [1.29, 1.82) is 0 Å². The molecule has 0 saturated carbocycles. The topological polar surface area (TPSA) is 66.9 Å². The highest BCUT2D eigenvalue weighted by Crippen LogP contribution is 2.25. The lowest BCUT2D eigenvalue weighted by atomic mass is 10.1. The number of sulfonamides is 1. The number of ether oxygens (including phenoxy) is 1. The third-order valence-corrected chi connectivity index (χ3v) is 6.66. The normalized spacial score (nSPS) is 25.6. The molecule has 2 atom stereocenters. The van der Waals surface area contributed by atoms with Crippen molar-refractivity contribution < 1.29 is 17.9 Å². The van der Waals surface area contributed by atoms with E-state index in [0.717, 1.165) is 18.4 Å². The van der Waals surface area contributed by atoms with Gasteiger partial charge in [0.1, 0.15) is 0 Å². The molecule has 132 valence electrons. The summed E-state index contributed by atoms with van der Waals surface area (Å²) >= 11 is 0. The maximum absolute atomic E-state index is 13.0. The number of rotatable bonds is 4. The van der Waals surface area contributed by atoms with Gasteiger partial charge < -0.3 is 9.64 Å². The zero-order valence-corrected chi connectivity index (χ0v) is 15.0. The van der Waals surface area contributed by atoms with Crippen LogP contribution in [0.5, 0.6) is 0 Å². The van der Waals surface area contributed by atoms with Gasteiger partial charge in [0.2, 0.25) is 15.9 Å². The molecule has 3 rings (SSSR count). The molecule has 2 bridgehead atoms. The van der Waals surface area contributed by atoms with Crippen LogP contribution in [0.15, 0.2) is 29.2 Å². The Hall–Kier alpha value is -1.44. The summed E-state index contributed by atoms with van der Waals surface area (Å²) in [5.41, 5.74) is 1.13. The van der Waals surface area contributed by atoms with Gasteiger partial charge in [0.15, 0.2) is 0 Å². The summed E-state index contributed by atoms with van der Waals surface area (Å²) in [6.07, 6.45) is 1.96. The summed E-state index contributed by atoms with van der Waals surface area (Å²) in [4.78, 5) is 14.3. The summed E-state index contributed by atoms with van der Waals surface area (Å²) in [5, 5.41) is 0. The summed E-state index contributed by atoms with van der Waals surface area (Å²) in [7, 11) is -1.88. The molecule has 1 aromatic rings.